The molecular formula is C16H31N3. The molecule has 110 valence electrons. The Kier molecular flexibility index (Phi) is 7.14. The minimum Gasteiger partial charge on any atom is -0.309 e. The standard InChI is InChI=1S/C16H31N3/c1-6-9-10-14(7-2)12-15(17-8-3)16-11-13(4)18-19(16)5/h11,14-15,17H,6-10,12H2,1-5H3. The zero-order chi connectivity index (χ0) is 14.3. The Hall–Kier alpha value is -0.830. The van der Waals surface area contributed by atoms with Gasteiger partial charge in [0.25, 0.3) is 0 Å². The van der Waals surface area contributed by atoms with Crippen LogP contribution in [0.1, 0.15) is 70.3 Å². The SMILES string of the molecule is CCCCC(CC)CC(NCC)c1cc(C)nn1C. The summed E-state index contributed by atoms with van der Waals surface area (Å²) in [7, 11) is 2.06. The first kappa shape index (κ1) is 16.2. The lowest BCUT2D eigenvalue weighted by atomic mass is 9.90. The molecule has 19 heavy (non-hydrogen) atoms. The molecule has 0 spiro atoms. The van der Waals surface area contributed by atoms with Gasteiger partial charge in [-0.15, -0.1) is 0 Å². The van der Waals surface area contributed by atoms with Crippen molar-refractivity contribution in [1.29, 1.82) is 0 Å². The first-order valence-corrected chi connectivity index (χ1v) is 7.86. The highest BCUT2D eigenvalue weighted by Crippen LogP contribution is 2.26. The third-order valence-electron chi connectivity index (χ3n) is 3.96. The van der Waals surface area contributed by atoms with E-state index in [-0.39, 0.29) is 0 Å². The number of hydrogen-bond donors (Lipinski definition) is 1. The summed E-state index contributed by atoms with van der Waals surface area (Å²) in [6.45, 7) is 9.86. The number of nitrogens with one attached hydrogen (secondary N) is 1. The second kappa shape index (κ2) is 8.36. The first-order chi connectivity index (χ1) is 9.12. The van der Waals surface area contributed by atoms with E-state index in [1.165, 1.54) is 37.8 Å². The molecule has 3 nitrogen and oxygen atoms in total. The Balaban J connectivity index is 2.73. The van der Waals surface area contributed by atoms with E-state index in [1.807, 2.05) is 4.68 Å². The van der Waals surface area contributed by atoms with Gasteiger partial charge in [-0.1, -0.05) is 46.5 Å². The molecule has 0 aliphatic heterocycles. The fourth-order valence-electron chi connectivity index (χ4n) is 2.83. The van der Waals surface area contributed by atoms with Crippen LogP contribution < -0.4 is 5.32 Å². The van der Waals surface area contributed by atoms with Crippen LogP contribution in [0.2, 0.25) is 0 Å². The van der Waals surface area contributed by atoms with Crippen molar-refractivity contribution in [3.63, 3.8) is 0 Å². The molecule has 3 heteroatoms. The van der Waals surface area contributed by atoms with E-state index in [1.54, 1.807) is 0 Å². The van der Waals surface area contributed by atoms with Gasteiger partial charge in [0.2, 0.25) is 0 Å². The molecule has 1 aromatic heterocycles. The minimum absolute atomic E-state index is 0.443. The minimum atomic E-state index is 0.443. The average Bonchev–Trinajstić information content (AvgIpc) is 2.72. The van der Waals surface area contributed by atoms with E-state index in [0.29, 0.717) is 6.04 Å². The van der Waals surface area contributed by atoms with Gasteiger partial charge < -0.3 is 5.32 Å². The maximum Gasteiger partial charge on any atom is 0.0597 e. The first-order valence-electron chi connectivity index (χ1n) is 7.86. The molecule has 1 heterocycles. The fourth-order valence-corrected chi connectivity index (χ4v) is 2.83. The van der Waals surface area contributed by atoms with Gasteiger partial charge in [-0.2, -0.15) is 5.10 Å². The molecular weight excluding hydrogens is 234 g/mol. The van der Waals surface area contributed by atoms with E-state index in [2.05, 4.69) is 51.2 Å². The van der Waals surface area contributed by atoms with Gasteiger partial charge in [0.1, 0.15) is 0 Å². The maximum atomic E-state index is 4.49. The summed E-state index contributed by atoms with van der Waals surface area (Å²) in [5, 5.41) is 8.12. The normalized spacial score (nSPS) is 14.6. The molecule has 0 amide bonds. The molecule has 1 aromatic rings. The molecule has 0 fully saturated rings. The number of rotatable bonds is 9. The third-order valence-corrected chi connectivity index (χ3v) is 3.96. The Morgan fingerprint density at radius 3 is 2.53 bits per heavy atom. The summed E-state index contributed by atoms with van der Waals surface area (Å²) in [5.41, 5.74) is 2.44. The molecule has 2 unspecified atom stereocenters. The van der Waals surface area contributed by atoms with Crippen LogP contribution in [-0.4, -0.2) is 16.3 Å². The molecule has 1 rings (SSSR count). The maximum absolute atomic E-state index is 4.49. The van der Waals surface area contributed by atoms with Crippen LogP contribution >= 0.6 is 0 Å². The van der Waals surface area contributed by atoms with Crippen molar-refractivity contribution in [1.82, 2.24) is 15.1 Å². The molecule has 0 bridgehead atoms. The van der Waals surface area contributed by atoms with Crippen molar-refractivity contribution in [2.75, 3.05) is 6.54 Å². The predicted octanol–water partition coefficient (Wildman–Crippen LogP) is 3.99. The lowest BCUT2D eigenvalue weighted by Crippen LogP contribution is -2.25. The van der Waals surface area contributed by atoms with E-state index in [9.17, 15) is 0 Å². The van der Waals surface area contributed by atoms with Crippen molar-refractivity contribution in [3.05, 3.63) is 17.5 Å². The number of hydrogen-bond acceptors (Lipinski definition) is 2. The molecule has 1 N–H and O–H groups in total. The number of aryl methyl sites for hydroxylation is 2. The quantitative estimate of drug-likeness (QED) is 0.732. The van der Waals surface area contributed by atoms with E-state index < -0.39 is 0 Å². The van der Waals surface area contributed by atoms with Crippen molar-refractivity contribution >= 4 is 0 Å². The van der Waals surface area contributed by atoms with E-state index in [0.717, 1.165) is 18.2 Å². The largest absolute Gasteiger partial charge is 0.309 e. The molecule has 0 saturated heterocycles. The van der Waals surface area contributed by atoms with Crippen LogP contribution in [0, 0.1) is 12.8 Å². The Morgan fingerprint density at radius 2 is 2.05 bits per heavy atom. The van der Waals surface area contributed by atoms with Crippen LogP contribution in [0.25, 0.3) is 0 Å². The van der Waals surface area contributed by atoms with E-state index >= 15 is 0 Å². The monoisotopic (exact) mass is 265 g/mol. The summed E-state index contributed by atoms with van der Waals surface area (Å²) < 4.78 is 2.04. The van der Waals surface area contributed by atoms with Crippen molar-refractivity contribution in [2.24, 2.45) is 13.0 Å². The summed E-state index contributed by atoms with van der Waals surface area (Å²) in [6.07, 6.45) is 6.50. The molecule has 0 radical (unpaired) electrons. The van der Waals surface area contributed by atoms with Gasteiger partial charge in [0, 0.05) is 13.1 Å². The Morgan fingerprint density at radius 1 is 1.32 bits per heavy atom. The van der Waals surface area contributed by atoms with Crippen LogP contribution in [0.15, 0.2) is 6.07 Å². The van der Waals surface area contributed by atoms with Gasteiger partial charge >= 0.3 is 0 Å². The smallest absolute Gasteiger partial charge is 0.0597 e. The summed E-state index contributed by atoms with van der Waals surface area (Å²) in [4.78, 5) is 0. The third kappa shape index (κ3) is 4.98. The van der Waals surface area contributed by atoms with Crippen molar-refractivity contribution in [3.8, 4) is 0 Å². The van der Waals surface area contributed by atoms with Crippen LogP contribution in [-0.2, 0) is 7.05 Å². The summed E-state index contributed by atoms with van der Waals surface area (Å²) >= 11 is 0. The second-order valence-corrected chi connectivity index (χ2v) is 5.60. The second-order valence-electron chi connectivity index (χ2n) is 5.60. The number of unbranched alkanes of at least 4 members (excludes halogenated alkanes) is 1. The lowest BCUT2D eigenvalue weighted by molar-refractivity contribution is 0.347. The van der Waals surface area contributed by atoms with E-state index in [4.69, 9.17) is 0 Å². The topological polar surface area (TPSA) is 29.9 Å². The average molecular weight is 265 g/mol. The fraction of sp³-hybridized carbons (Fsp3) is 0.812. The molecule has 0 aromatic carbocycles. The van der Waals surface area contributed by atoms with Gasteiger partial charge in [-0.05, 0) is 31.9 Å². The Labute approximate surface area is 118 Å². The van der Waals surface area contributed by atoms with Crippen molar-refractivity contribution in [2.45, 2.75) is 65.8 Å². The summed E-state index contributed by atoms with van der Waals surface area (Å²) in [6, 6.07) is 2.66. The molecule has 0 aliphatic rings. The molecule has 0 saturated carbocycles. The highest BCUT2D eigenvalue weighted by molar-refractivity contribution is 5.13. The zero-order valence-electron chi connectivity index (χ0n) is 13.4. The predicted molar refractivity (Wildman–Crippen MR) is 82.3 cm³/mol. The van der Waals surface area contributed by atoms with Gasteiger partial charge in [0.15, 0.2) is 0 Å². The van der Waals surface area contributed by atoms with Crippen molar-refractivity contribution < 1.29 is 0 Å². The van der Waals surface area contributed by atoms with Gasteiger partial charge in [0.05, 0.1) is 11.4 Å². The number of aromatic nitrogens is 2. The van der Waals surface area contributed by atoms with Crippen LogP contribution in [0.4, 0.5) is 0 Å². The van der Waals surface area contributed by atoms with Gasteiger partial charge in [-0.3, -0.25) is 4.68 Å². The zero-order valence-corrected chi connectivity index (χ0v) is 13.4. The molecule has 2 atom stereocenters. The lowest BCUT2D eigenvalue weighted by Gasteiger charge is -2.23. The highest BCUT2D eigenvalue weighted by atomic mass is 15.3. The van der Waals surface area contributed by atoms with Crippen LogP contribution in [0.3, 0.4) is 0 Å². The molecule has 0 aliphatic carbocycles. The highest BCUT2D eigenvalue weighted by Gasteiger charge is 2.19. The van der Waals surface area contributed by atoms with Gasteiger partial charge in [-0.25, -0.2) is 0 Å². The van der Waals surface area contributed by atoms with Crippen LogP contribution in [0.5, 0.6) is 0 Å². The Bertz CT molecular complexity index is 357. The summed E-state index contributed by atoms with van der Waals surface area (Å²) in [5.74, 6) is 0.819. The number of nitrogens with zero attached hydrogens (tertiary/aromatic N) is 2.